The Balaban J connectivity index is 1.48. The first-order valence-corrected chi connectivity index (χ1v) is 15.1. The van der Waals surface area contributed by atoms with E-state index < -0.39 is 42.9 Å². The van der Waals surface area contributed by atoms with Crippen LogP contribution in [0, 0.1) is 5.82 Å². The lowest BCUT2D eigenvalue weighted by molar-refractivity contribution is 0.182. The molecule has 1 saturated heterocycles. The number of hydrogen-bond donors (Lipinski definition) is 1. The predicted octanol–water partition coefficient (Wildman–Crippen LogP) is 3.45. The smallest absolute Gasteiger partial charge is 0.269 e. The van der Waals surface area contributed by atoms with Gasteiger partial charge in [0.1, 0.15) is 28.2 Å². The van der Waals surface area contributed by atoms with Crippen molar-refractivity contribution in [1.29, 1.82) is 0 Å². The highest BCUT2D eigenvalue weighted by molar-refractivity contribution is 7.90. The standard InChI is InChI=1S/C26H24FN5O5S2/c1-17(33)25-29-22-15-28-26-20(12-14-31(26)38(34,35)19-7-3-2-4-8-19)24(22)32(25)18-11-13-30(16-18)39(36,37)23-10-6-5-9-21(23)27/h2-10,12,14-15,17-18,33H,11,13,16H2,1H3. The molecule has 2 aromatic carbocycles. The van der Waals surface area contributed by atoms with Crippen molar-refractivity contribution in [2.45, 2.75) is 35.3 Å². The highest BCUT2D eigenvalue weighted by atomic mass is 32.2. The Bertz CT molecular complexity index is 1940. The van der Waals surface area contributed by atoms with Gasteiger partial charge in [-0.3, -0.25) is 0 Å². The third-order valence-corrected chi connectivity index (χ3v) is 10.6. The molecule has 3 aromatic heterocycles. The molecule has 0 radical (unpaired) electrons. The van der Waals surface area contributed by atoms with Gasteiger partial charge in [0, 0.05) is 24.7 Å². The van der Waals surface area contributed by atoms with Crippen LogP contribution < -0.4 is 0 Å². The molecular formula is C26H24FN5O5S2. The zero-order chi connectivity index (χ0) is 27.5. The summed E-state index contributed by atoms with van der Waals surface area (Å²) < 4.78 is 71.7. The zero-order valence-electron chi connectivity index (χ0n) is 20.7. The minimum absolute atomic E-state index is 0.0225. The molecule has 5 aromatic rings. The zero-order valence-corrected chi connectivity index (χ0v) is 22.3. The molecule has 13 heteroatoms. The van der Waals surface area contributed by atoms with Crippen molar-refractivity contribution in [1.82, 2.24) is 22.8 Å². The van der Waals surface area contributed by atoms with Crippen LogP contribution in [0.15, 0.2) is 82.8 Å². The second-order valence-electron chi connectivity index (χ2n) is 9.41. The maximum Gasteiger partial charge on any atom is 0.269 e. The molecule has 10 nitrogen and oxygen atoms in total. The van der Waals surface area contributed by atoms with Crippen molar-refractivity contribution in [3.8, 4) is 0 Å². The Morgan fingerprint density at radius 2 is 1.72 bits per heavy atom. The fraction of sp³-hybridized carbons (Fsp3) is 0.231. The van der Waals surface area contributed by atoms with Crippen molar-refractivity contribution in [3.05, 3.63) is 84.7 Å². The number of benzene rings is 2. The van der Waals surface area contributed by atoms with Crippen LogP contribution in [0.4, 0.5) is 4.39 Å². The third kappa shape index (κ3) is 4.04. The van der Waals surface area contributed by atoms with Gasteiger partial charge in [-0.1, -0.05) is 30.3 Å². The minimum atomic E-state index is -4.10. The van der Waals surface area contributed by atoms with Gasteiger partial charge < -0.3 is 9.67 Å². The van der Waals surface area contributed by atoms with E-state index in [2.05, 4.69) is 9.97 Å². The molecule has 6 rings (SSSR count). The molecule has 2 unspecified atom stereocenters. The summed E-state index contributed by atoms with van der Waals surface area (Å²) in [6.07, 6.45) is 2.24. The monoisotopic (exact) mass is 569 g/mol. The third-order valence-electron chi connectivity index (χ3n) is 6.98. The van der Waals surface area contributed by atoms with Gasteiger partial charge in [-0.2, -0.15) is 4.31 Å². The molecule has 2 atom stereocenters. The van der Waals surface area contributed by atoms with Gasteiger partial charge in [0.15, 0.2) is 5.65 Å². The van der Waals surface area contributed by atoms with E-state index >= 15 is 0 Å². The Morgan fingerprint density at radius 1 is 1.00 bits per heavy atom. The van der Waals surface area contributed by atoms with E-state index in [1.165, 1.54) is 47.0 Å². The topological polar surface area (TPSA) is 127 Å². The van der Waals surface area contributed by atoms with Crippen LogP contribution in [0.2, 0.25) is 0 Å². The summed E-state index contributed by atoms with van der Waals surface area (Å²) in [6, 6.07) is 14.4. The minimum Gasteiger partial charge on any atom is -0.385 e. The van der Waals surface area contributed by atoms with Crippen molar-refractivity contribution < 1.29 is 26.3 Å². The van der Waals surface area contributed by atoms with E-state index in [0.29, 0.717) is 28.7 Å². The number of hydrogen-bond acceptors (Lipinski definition) is 7. The molecule has 202 valence electrons. The van der Waals surface area contributed by atoms with Crippen LogP contribution in [0.5, 0.6) is 0 Å². The lowest BCUT2D eigenvalue weighted by atomic mass is 10.2. The Morgan fingerprint density at radius 3 is 2.44 bits per heavy atom. The van der Waals surface area contributed by atoms with Crippen LogP contribution >= 0.6 is 0 Å². The predicted molar refractivity (Wildman–Crippen MR) is 141 cm³/mol. The number of sulfonamides is 1. The van der Waals surface area contributed by atoms with E-state index in [9.17, 15) is 26.3 Å². The number of imidazole rings is 1. The average Bonchev–Trinajstić information content (AvgIpc) is 3.65. The molecular weight excluding hydrogens is 545 g/mol. The summed E-state index contributed by atoms with van der Waals surface area (Å²) in [5, 5.41) is 11.1. The number of fused-ring (bicyclic) bond motifs is 3. The SMILES string of the molecule is CC(O)c1nc2cnc3c(ccn3S(=O)(=O)c3ccccc3)c2n1C1CCN(S(=O)(=O)c2ccccc2F)C1. The molecule has 1 aliphatic heterocycles. The lowest BCUT2D eigenvalue weighted by Gasteiger charge is -2.20. The second-order valence-corrected chi connectivity index (χ2v) is 13.1. The van der Waals surface area contributed by atoms with E-state index in [0.717, 1.165) is 10.0 Å². The van der Waals surface area contributed by atoms with Gasteiger partial charge in [-0.25, -0.2) is 35.2 Å². The average molecular weight is 570 g/mol. The molecule has 39 heavy (non-hydrogen) atoms. The largest absolute Gasteiger partial charge is 0.385 e. The van der Waals surface area contributed by atoms with Gasteiger partial charge in [0.25, 0.3) is 10.0 Å². The number of aliphatic hydroxyl groups is 1. The summed E-state index contributed by atoms with van der Waals surface area (Å²) in [6.45, 7) is 1.71. The maximum atomic E-state index is 14.4. The van der Waals surface area contributed by atoms with Gasteiger partial charge in [-0.05, 0) is 43.7 Å². The molecule has 1 aliphatic rings. The molecule has 0 bridgehead atoms. The number of rotatable bonds is 6. The molecule has 0 saturated carbocycles. The van der Waals surface area contributed by atoms with Crippen molar-refractivity contribution >= 4 is 42.1 Å². The maximum absolute atomic E-state index is 14.4. The van der Waals surface area contributed by atoms with Gasteiger partial charge in [-0.15, -0.1) is 0 Å². The van der Waals surface area contributed by atoms with Gasteiger partial charge >= 0.3 is 0 Å². The van der Waals surface area contributed by atoms with Crippen LogP contribution in [0.1, 0.15) is 31.3 Å². The molecule has 0 spiro atoms. The van der Waals surface area contributed by atoms with E-state index in [4.69, 9.17) is 0 Å². The quantitative estimate of drug-likeness (QED) is 0.332. The van der Waals surface area contributed by atoms with Crippen LogP contribution in [0.3, 0.4) is 0 Å². The lowest BCUT2D eigenvalue weighted by Crippen LogP contribution is -2.30. The van der Waals surface area contributed by atoms with Crippen LogP contribution in [-0.4, -0.2) is 57.8 Å². The molecule has 4 heterocycles. The summed E-state index contributed by atoms with van der Waals surface area (Å²) in [7, 11) is -8.04. The first kappa shape index (κ1) is 25.6. The normalized spacial score (nSPS) is 17.8. The summed E-state index contributed by atoms with van der Waals surface area (Å²) in [4.78, 5) is 8.65. The van der Waals surface area contributed by atoms with Crippen LogP contribution in [0.25, 0.3) is 22.1 Å². The second kappa shape index (κ2) is 9.23. The van der Waals surface area contributed by atoms with E-state index in [1.54, 1.807) is 35.8 Å². The number of pyridine rings is 1. The number of halogens is 1. The van der Waals surface area contributed by atoms with E-state index in [1.807, 2.05) is 0 Å². The van der Waals surface area contributed by atoms with Crippen LogP contribution in [-0.2, 0) is 20.0 Å². The number of aliphatic hydroxyl groups excluding tert-OH is 1. The summed E-state index contributed by atoms with van der Waals surface area (Å²) in [5.74, 6) is -0.527. The van der Waals surface area contributed by atoms with Gasteiger partial charge in [0.05, 0.1) is 22.7 Å². The first-order chi connectivity index (χ1) is 18.6. The molecule has 1 fully saturated rings. The number of aromatic nitrogens is 4. The summed E-state index contributed by atoms with van der Waals surface area (Å²) >= 11 is 0. The molecule has 0 aliphatic carbocycles. The van der Waals surface area contributed by atoms with Crippen molar-refractivity contribution in [2.24, 2.45) is 0 Å². The van der Waals surface area contributed by atoms with Crippen molar-refractivity contribution in [2.75, 3.05) is 13.1 Å². The van der Waals surface area contributed by atoms with Crippen molar-refractivity contribution in [3.63, 3.8) is 0 Å². The molecule has 0 amide bonds. The Hall–Kier alpha value is -3.65. The van der Waals surface area contributed by atoms with E-state index in [-0.39, 0.29) is 23.6 Å². The molecule has 1 N–H and O–H groups in total. The number of nitrogens with zero attached hydrogens (tertiary/aromatic N) is 5. The summed E-state index contributed by atoms with van der Waals surface area (Å²) in [5.41, 5.74) is 1.15. The highest BCUT2D eigenvalue weighted by Crippen LogP contribution is 2.36. The first-order valence-electron chi connectivity index (χ1n) is 12.2. The van der Waals surface area contributed by atoms with Gasteiger partial charge in [0.2, 0.25) is 10.0 Å². The fourth-order valence-corrected chi connectivity index (χ4v) is 8.04. The Labute approximate surface area is 224 Å². The Kier molecular flexibility index (Phi) is 6.06. The fourth-order valence-electron chi connectivity index (χ4n) is 5.16. The highest BCUT2D eigenvalue weighted by Gasteiger charge is 2.37.